The van der Waals surface area contributed by atoms with Gasteiger partial charge in [-0.15, -0.1) is 0 Å². The number of amides is 1. The zero-order valence-corrected chi connectivity index (χ0v) is 17.6. The van der Waals surface area contributed by atoms with E-state index in [2.05, 4.69) is 16.5 Å². The number of halogens is 3. The molecular weight excluding hydrogens is 426 g/mol. The first kappa shape index (κ1) is 20.4. The minimum atomic E-state index is -0.557. The fourth-order valence-electron chi connectivity index (χ4n) is 3.71. The van der Waals surface area contributed by atoms with Crippen LogP contribution in [0.5, 0.6) is 0 Å². The van der Waals surface area contributed by atoms with Crippen LogP contribution in [0, 0.1) is 5.82 Å². The molecule has 0 bridgehead atoms. The second kappa shape index (κ2) is 8.13. The fraction of sp³-hybridized carbons (Fsp3) is 0.182. The molecule has 2 aromatic carbocycles. The van der Waals surface area contributed by atoms with Crippen LogP contribution in [0.15, 0.2) is 48.5 Å². The Kier molecular flexibility index (Phi) is 5.54. The summed E-state index contributed by atoms with van der Waals surface area (Å²) in [6, 6.07) is 11.7. The predicted molar refractivity (Wildman–Crippen MR) is 118 cm³/mol. The summed E-state index contributed by atoms with van der Waals surface area (Å²) in [5.74, 6) is -0.528. The summed E-state index contributed by atoms with van der Waals surface area (Å²) in [6.45, 7) is 0. The normalized spacial score (nSPS) is 15.9. The van der Waals surface area contributed by atoms with E-state index in [1.54, 1.807) is 7.05 Å². The van der Waals surface area contributed by atoms with E-state index < -0.39 is 11.7 Å². The van der Waals surface area contributed by atoms with Crippen LogP contribution < -0.4 is 11.1 Å². The van der Waals surface area contributed by atoms with Crippen LogP contribution in [0.1, 0.15) is 40.4 Å². The minimum Gasteiger partial charge on any atom is -0.383 e. The fourth-order valence-corrected chi connectivity index (χ4v) is 4.18. The summed E-state index contributed by atoms with van der Waals surface area (Å²) >= 11 is 12.2. The molecule has 1 atom stereocenters. The van der Waals surface area contributed by atoms with Crippen molar-refractivity contribution in [2.24, 2.45) is 7.05 Å². The summed E-state index contributed by atoms with van der Waals surface area (Å²) in [5, 5.41) is 7.86. The van der Waals surface area contributed by atoms with E-state index in [1.807, 2.05) is 24.3 Å². The maximum atomic E-state index is 13.4. The number of nitrogens with one attached hydrogen (secondary N) is 1. The first-order chi connectivity index (χ1) is 14.3. The third-order valence-electron chi connectivity index (χ3n) is 5.26. The molecule has 0 fully saturated rings. The van der Waals surface area contributed by atoms with Crippen molar-refractivity contribution in [3.63, 3.8) is 0 Å². The van der Waals surface area contributed by atoms with E-state index in [1.165, 1.54) is 22.9 Å². The number of nitrogen functional groups attached to an aromatic ring is 1. The van der Waals surface area contributed by atoms with E-state index in [9.17, 15) is 9.18 Å². The van der Waals surface area contributed by atoms with Crippen molar-refractivity contribution in [3.05, 3.63) is 81.2 Å². The van der Waals surface area contributed by atoms with Gasteiger partial charge in [0, 0.05) is 17.8 Å². The monoisotopic (exact) mass is 444 g/mol. The molecule has 1 aromatic heterocycles. The Morgan fingerprint density at radius 3 is 2.73 bits per heavy atom. The van der Waals surface area contributed by atoms with Crippen molar-refractivity contribution in [3.8, 4) is 0 Å². The van der Waals surface area contributed by atoms with Gasteiger partial charge in [0.1, 0.15) is 22.9 Å². The molecule has 1 aliphatic rings. The third-order valence-corrected chi connectivity index (χ3v) is 5.89. The lowest BCUT2D eigenvalue weighted by Crippen LogP contribution is -2.15. The molecule has 1 aliphatic carbocycles. The maximum Gasteiger partial charge on any atom is 0.261 e. The van der Waals surface area contributed by atoms with Crippen LogP contribution in [-0.4, -0.2) is 15.7 Å². The van der Waals surface area contributed by atoms with E-state index in [0.717, 1.165) is 22.6 Å². The van der Waals surface area contributed by atoms with Gasteiger partial charge < -0.3 is 11.1 Å². The van der Waals surface area contributed by atoms with Gasteiger partial charge >= 0.3 is 0 Å². The van der Waals surface area contributed by atoms with Gasteiger partial charge in [-0.1, -0.05) is 47.5 Å². The average molecular weight is 445 g/mol. The van der Waals surface area contributed by atoms with E-state index in [-0.39, 0.29) is 22.3 Å². The number of anilines is 2. The van der Waals surface area contributed by atoms with E-state index in [0.29, 0.717) is 17.8 Å². The predicted octanol–water partition coefficient (Wildman–Crippen LogP) is 5.66. The molecule has 8 heteroatoms. The standard InChI is InChI=1S/C22H19Cl2FN4O/c1-29-21(26)19(22(30)27-14-8-9-18(25)17(24)11-14)20(28-29)13-7-6-12(10-13)15-4-2-3-5-16(15)23/h2-5,7-9,11-12H,6,10,26H2,1H3,(H,27,30). The van der Waals surface area contributed by atoms with Gasteiger partial charge in [0.2, 0.25) is 0 Å². The van der Waals surface area contributed by atoms with Gasteiger partial charge in [0.05, 0.1) is 5.02 Å². The van der Waals surface area contributed by atoms with Crippen molar-refractivity contribution < 1.29 is 9.18 Å². The highest BCUT2D eigenvalue weighted by molar-refractivity contribution is 6.31. The molecule has 3 aromatic rings. The smallest absolute Gasteiger partial charge is 0.261 e. The molecule has 1 amide bonds. The van der Waals surface area contributed by atoms with Crippen LogP contribution in [0.2, 0.25) is 10.0 Å². The Labute approximate surface area is 183 Å². The second-order valence-corrected chi connectivity index (χ2v) is 8.02. The van der Waals surface area contributed by atoms with E-state index in [4.69, 9.17) is 28.9 Å². The van der Waals surface area contributed by atoms with Crippen LogP contribution in [-0.2, 0) is 7.05 Å². The molecule has 30 heavy (non-hydrogen) atoms. The lowest BCUT2D eigenvalue weighted by atomic mass is 9.94. The zero-order valence-electron chi connectivity index (χ0n) is 16.1. The summed E-state index contributed by atoms with van der Waals surface area (Å²) in [4.78, 5) is 13.0. The van der Waals surface area contributed by atoms with Crippen molar-refractivity contribution in [2.45, 2.75) is 18.8 Å². The molecule has 4 rings (SSSR count). The highest BCUT2D eigenvalue weighted by Crippen LogP contribution is 2.42. The Hall–Kier alpha value is -2.83. The molecule has 1 unspecified atom stereocenters. The van der Waals surface area contributed by atoms with Crippen molar-refractivity contribution in [1.29, 1.82) is 0 Å². The lowest BCUT2D eigenvalue weighted by molar-refractivity contribution is 0.102. The van der Waals surface area contributed by atoms with E-state index >= 15 is 0 Å². The van der Waals surface area contributed by atoms with Gasteiger partial charge in [-0.2, -0.15) is 5.10 Å². The molecular formula is C22H19Cl2FN4O. The van der Waals surface area contributed by atoms with Crippen LogP contribution in [0.3, 0.4) is 0 Å². The molecule has 154 valence electrons. The van der Waals surface area contributed by atoms with Gasteiger partial charge in [0.15, 0.2) is 0 Å². The highest BCUT2D eigenvalue weighted by atomic mass is 35.5. The molecule has 1 heterocycles. The number of aromatic nitrogens is 2. The number of allylic oxidation sites excluding steroid dienone is 2. The number of hydrogen-bond acceptors (Lipinski definition) is 3. The number of carbonyl (C=O) groups excluding carboxylic acids is 1. The SMILES string of the molecule is Cn1nc(C2=CCC(c3ccccc3Cl)C2)c(C(=O)Nc2ccc(F)c(Cl)c2)c1N. The van der Waals surface area contributed by atoms with Gasteiger partial charge in [-0.05, 0) is 54.2 Å². The van der Waals surface area contributed by atoms with Crippen LogP contribution >= 0.6 is 23.2 Å². The molecule has 5 nitrogen and oxygen atoms in total. The summed E-state index contributed by atoms with van der Waals surface area (Å²) < 4.78 is 14.9. The lowest BCUT2D eigenvalue weighted by Gasteiger charge is -2.12. The van der Waals surface area contributed by atoms with Crippen molar-refractivity contribution in [1.82, 2.24) is 9.78 Å². The first-order valence-electron chi connectivity index (χ1n) is 9.38. The van der Waals surface area contributed by atoms with Gasteiger partial charge in [-0.25, -0.2) is 4.39 Å². The van der Waals surface area contributed by atoms with Crippen molar-refractivity contribution >= 4 is 46.2 Å². The molecule has 0 aliphatic heterocycles. The largest absolute Gasteiger partial charge is 0.383 e. The van der Waals surface area contributed by atoms with Gasteiger partial charge in [-0.3, -0.25) is 9.48 Å². The maximum absolute atomic E-state index is 13.4. The Balaban J connectivity index is 1.61. The topological polar surface area (TPSA) is 72.9 Å². The molecule has 0 saturated carbocycles. The van der Waals surface area contributed by atoms with Crippen molar-refractivity contribution in [2.75, 3.05) is 11.1 Å². The molecule has 0 radical (unpaired) electrons. The number of nitrogens with two attached hydrogens (primary N) is 1. The average Bonchev–Trinajstić information content (AvgIpc) is 3.30. The number of hydrogen-bond donors (Lipinski definition) is 2. The number of rotatable bonds is 4. The number of benzene rings is 2. The third kappa shape index (κ3) is 3.80. The molecule has 0 saturated heterocycles. The Bertz CT molecular complexity index is 1170. The second-order valence-electron chi connectivity index (χ2n) is 7.20. The minimum absolute atomic E-state index is 0.0757. The molecule has 3 N–H and O–H groups in total. The number of carbonyl (C=O) groups is 1. The van der Waals surface area contributed by atoms with Crippen LogP contribution in [0.25, 0.3) is 5.57 Å². The molecule has 0 spiro atoms. The Morgan fingerprint density at radius 1 is 1.23 bits per heavy atom. The Morgan fingerprint density at radius 2 is 2.00 bits per heavy atom. The summed E-state index contributed by atoms with van der Waals surface area (Å²) in [6.07, 6.45) is 3.56. The zero-order chi connectivity index (χ0) is 21.4. The highest BCUT2D eigenvalue weighted by Gasteiger charge is 2.29. The van der Waals surface area contributed by atoms with Crippen LogP contribution in [0.4, 0.5) is 15.9 Å². The number of aryl methyl sites for hydroxylation is 1. The summed E-state index contributed by atoms with van der Waals surface area (Å²) in [5.41, 5.74) is 9.35. The first-order valence-corrected chi connectivity index (χ1v) is 10.1. The quantitative estimate of drug-likeness (QED) is 0.544. The summed E-state index contributed by atoms with van der Waals surface area (Å²) in [7, 11) is 1.69. The number of nitrogens with zero attached hydrogens (tertiary/aromatic N) is 2. The van der Waals surface area contributed by atoms with Gasteiger partial charge in [0.25, 0.3) is 5.91 Å².